The van der Waals surface area contributed by atoms with Crippen molar-refractivity contribution in [3.05, 3.63) is 47.9 Å². The molecule has 1 saturated heterocycles. The molecule has 24 heavy (non-hydrogen) atoms. The van der Waals surface area contributed by atoms with Crippen LogP contribution in [-0.2, 0) is 11.3 Å². The van der Waals surface area contributed by atoms with Gasteiger partial charge in [-0.3, -0.25) is 9.78 Å². The van der Waals surface area contributed by atoms with Crippen molar-refractivity contribution >= 4 is 5.91 Å². The second-order valence-corrected chi connectivity index (χ2v) is 6.53. The van der Waals surface area contributed by atoms with Gasteiger partial charge in [0.15, 0.2) is 12.1 Å². The summed E-state index contributed by atoms with van der Waals surface area (Å²) < 4.78 is 11.4. The van der Waals surface area contributed by atoms with E-state index < -0.39 is 0 Å². The maximum atomic E-state index is 12.8. The number of nitrogens with zero attached hydrogens (tertiary/aromatic N) is 3. The maximum Gasteiger partial charge on any atom is 0.276 e. The van der Waals surface area contributed by atoms with Gasteiger partial charge >= 0.3 is 0 Å². The highest BCUT2D eigenvalue weighted by Crippen LogP contribution is 2.41. The molecule has 0 spiro atoms. The van der Waals surface area contributed by atoms with E-state index in [0.29, 0.717) is 24.8 Å². The molecule has 0 aromatic carbocycles. The molecule has 1 aliphatic heterocycles. The van der Waals surface area contributed by atoms with Crippen molar-refractivity contribution in [1.29, 1.82) is 0 Å². The second-order valence-electron chi connectivity index (χ2n) is 6.53. The van der Waals surface area contributed by atoms with Gasteiger partial charge in [0.05, 0.1) is 12.7 Å². The predicted molar refractivity (Wildman–Crippen MR) is 86.4 cm³/mol. The summed E-state index contributed by atoms with van der Waals surface area (Å²) in [5, 5.41) is 0. The first kappa shape index (κ1) is 15.3. The number of likely N-dealkylation sites (tertiary alicyclic amines) is 1. The molecule has 2 fully saturated rings. The minimum Gasteiger partial charge on any atom is -0.447 e. The number of ether oxygens (including phenoxy) is 1. The van der Waals surface area contributed by atoms with E-state index in [4.69, 9.17) is 9.15 Å². The first-order chi connectivity index (χ1) is 11.8. The van der Waals surface area contributed by atoms with Crippen LogP contribution in [0.5, 0.6) is 0 Å². The summed E-state index contributed by atoms with van der Waals surface area (Å²) in [5.74, 6) is 1.12. The van der Waals surface area contributed by atoms with Crippen LogP contribution in [0.25, 0.3) is 0 Å². The number of hydrogen-bond donors (Lipinski definition) is 0. The number of piperidine rings is 1. The zero-order valence-corrected chi connectivity index (χ0v) is 13.6. The molecule has 3 heterocycles. The van der Waals surface area contributed by atoms with Crippen LogP contribution in [0.1, 0.15) is 53.4 Å². The van der Waals surface area contributed by atoms with Gasteiger partial charge in [0, 0.05) is 31.4 Å². The topological polar surface area (TPSA) is 68.5 Å². The number of hydrogen-bond acceptors (Lipinski definition) is 5. The Kier molecular flexibility index (Phi) is 4.30. The molecule has 1 saturated carbocycles. The lowest BCUT2D eigenvalue weighted by molar-refractivity contribution is -0.00701. The van der Waals surface area contributed by atoms with E-state index in [1.54, 1.807) is 6.20 Å². The Morgan fingerprint density at radius 1 is 1.38 bits per heavy atom. The van der Waals surface area contributed by atoms with Crippen LogP contribution in [0.4, 0.5) is 0 Å². The summed E-state index contributed by atoms with van der Waals surface area (Å²) >= 11 is 0. The quantitative estimate of drug-likeness (QED) is 0.844. The van der Waals surface area contributed by atoms with E-state index in [0.717, 1.165) is 43.6 Å². The highest BCUT2D eigenvalue weighted by atomic mass is 16.5. The lowest BCUT2D eigenvalue weighted by Crippen LogP contribution is -2.43. The molecule has 0 radical (unpaired) electrons. The van der Waals surface area contributed by atoms with E-state index in [1.807, 2.05) is 23.2 Å². The molecule has 2 aromatic heterocycles. The predicted octanol–water partition coefficient (Wildman–Crippen LogP) is 2.77. The van der Waals surface area contributed by atoms with Crippen molar-refractivity contribution in [2.45, 2.75) is 44.3 Å². The number of rotatable bonds is 5. The average Bonchev–Trinajstić information content (AvgIpc) is 3.37. The van der Waals surface area contributed by atoms with Crippen LogP contribution in [0.3, 0.4) is 0 Å². The molecule has 4 rings (SSSR count). The van der Waals surface area contributed by atoms with Crippen LogP contribution >= 0.6 is 0 Å². The van der Waals surface area contributed by atoms with Crippen molar-refractivity contribution in [3.8, 4) is 0 Å². The average molecular weight is 327 g/mol. The Labute approximate surface area is 140 Å². The van der Waals surface area contributed by atoms with Gasteiger partial charge in [-0.25, -0.2) is 4.98 Å². The minimum atomic E-state index is -0.0275. The van der Waals surface area contributed by atoms with E-state index in [9.17, 15) is 4.79 Å². The Hall–Kier alpha value is -2.21. The number of carbonyl (C=O) groups is 1. The normalized spacial score (nSPS) is 21.0. The molecule has 0 bridgehead atoms. The zero-order valence-electron chi connectivity index (χ0n) is 13.6. The Morgan fingerprint density at radius 3 is 3.08 bits per heavy atom. The number of carbonyl (C=O) groups excluding carboxylic acids is 1. The monoisotopic (exact) mass is 327 g/mol. The molecule has 1 atom stereocenters. The summed E-state index contributed by atoms with van der Waals surface area (Å²) in [6.45, 7) is 1.89. The molecule has 1 unspecified atom stereocenters. The SMILES string of the molecule is O=C(c1ncoc1C1CC1)N1CCCC(OCc2cccnc2)C1. The van der Waals surface area contributed by atoms with Gasteiger partial charge in [-0.1, -0.05) is 6.07 Å². The first-order valence-electron chi connectivity index (χ1n) is 8.54. The third-order valence-electron chi connectivity index (χ3n) is 4.62. The van der Waals surface area contributed by atoms with Crippen LogP contribution in [0, 0.1) is 0 Å². The van der Waals surface area contributed by atoms with Crippen molar-refractivity contribution in [2.24, 2.45) is 0 Å². The van der Waals surface area contributed by atoms with E-state index >= 15 is 0 Å². The molecule has 126 valence electrons. The summed E-state index contributed by atoms with van der Waals surface area (Å²) in [6, 6.07) is 3.90. The van der Waals surface area contributed by atoms with Crippen LogP contribution in [0.2, 0.25) is 0 Å². The smallest absolute Gasteiger partial charge is 0.276 e. The van der Waals surface area contributed by atoms with E-state index in [-0.39, 0.29) is 12.0 Å². The Bertz CT molecular complexity index is 697. The van der Waals surface area contributed by atoms with Gasteiger partial charge in [-0.05, 0) is 37.3 Å². The molecule has 1 amide bonds. The van der Waals surface area contributed by atoms with Crippen LogP contribution in [-0.4, -0.2) is 40.0 Å². The molecular formula is C18H21N3O3. The fraction of sp³-hybridized carbons (Fsp3) is 0.500. The molecule has 2 aromatic rings. The number of oxazole rings is 1. The third-order valence-corrected chi connectivity index (χ3v) is 4.62. The number of aromatic nitrogens is 2. The van der Waals surface area contributed by atoms with Gasteiger partial charge in [0.25, 0.3) is 5.91 Å². The van der Waals surface area contributed by atoms with Crippen LogP contribution < -0.4 is 0 Å². The largest absolute Gasteiger partial charge is 0.447 e. The van der Waals surface area contributed by atoms with Gasteiger partial charge in [-0.2, -0.15) is 0 Å². The highest BCUT2D eigenvalue weighted by molar-refractivity contribution is 5.93. The molecular weight excluding hydrogens is 306 g/mol. The van der Waals surface area contributed by atoms with Gasteiger partial charge in [-0.15, -0.1) is 0 Å². The molecule has 0 N–H and O–H groups in total. The third kappa shape index (κ3) is 3.33. The van der Waals surface area contributed by atoms with Crippen molar-refractivity contribution in [3.63, 3.8) is 0 Å². The summed E-state index contributed by atoms with van der Waals surface area (Å²) in [5.41, 5.74) is 1.54. The maximum absolute atomic E-state index is 12.8. The Morgan fingerprint density at radius 2 is 2.29 bits per heavy atom. The lowest BCUT2D eigenvalue weighted by Gasteiger charge is -2.32. The van der Waals surface area contributed by atoms with Gasteiger partial charge in [0.1, 0.15) is 5.76 Å². The fourth-order valence-electron chi connectivity index (χ4n) is 3.16. The first-order valence-corrected chi connectivity index (χ1v) is 8.54. The standard InChI is InChI=1S/C18H21N3O3/c22-18(16-17(14-5-6-14)24-12-20-16)21-8-2-4-15(10-21)23-11-13-3-1-7-19-9-13/h1,3,7,9,12,14-15H,2,4-6,8,10-11H2. The second kappa shape index (κ2) is 6.73. The highest BCUT2D eigenvalue weighted by Gasteiger charge is 2.35. The van der Waals surface area contributed by atoms with Crippen molar-refractivity contribution in [1.82, 2.24) is 14.9 Å². The van der Waals surface area contributed by atoms with Crippen LogP contribution in [0.15, 0.2) is 35.3 Å². The zero-order chi connectivity index (χ0) is 16.4. The Balaban J connectivity index is 1.37. The van der Waals surface area contributed by atoms with E-state index in [2.05, 4.69) is 9.97 Å². The van der Waals surface area contributed by atoms with Crippen molar-refractivity contribution < 1.29 is 13.9 Å². The fourth-order valence-corrected chi connectivity index (χ4v) is 3.16. The summed E-state index contributed by atoms with van der Waals surface area (Å²) in [7, 11) is 0. The molecule has 2 aliphatic rings. The van der Waals surface area contributed by atoms with Gasteiger partial charge in [0.2, 0.25) is 0 Å². The number of amides is 1. The van der Waals surface area contributed by atoms with Crippen molar-refractivity contribution in [2.75, 3.05) is 13.1 Å². The van der Waals surface area contributed by atoms with E-state index in [1.165, 1.54) is 6.39 Å². The number of pyridine rings is 1. The summed E-state index contributed by atoms with van der Waals surface area (Å²) in [4.78, 5) is 22.9. The molecule has 6 nitrogen and oxygen atoms in total. The van der Waals surface area contributed by atoms with Gasteiger partial charge < -0.3 is 14.1 Å². The molecule has 1 aliphatic carbocycles. The molecule has 6 heteroatoms. The lowest BCUT2D eigenvalue weighted by atomic mass is 10.1. The summed E-state index contributed by atoms with van der Waals surface area (Å²) in [6.07, 6.45) is 9.10. The minimum absolute atomic E-state index is 0.0275.